The van der Waals surface area contributed by atoms with Crippen molar-refractivity contribution in [3.8, 4) is 0 Å². The Labute approximate surface area is 93.2 Å². The van der Waals surface area contributed by atoms with Crippen LogP contribution >= 0.6 is 0 Å². The van der Waals surface area contributed by atoms with E-state index < -0.39 is 0 Å². The summed E-state index contributed by atoms with van der Waals surface area (Å²) in [6.07, 6.45) is 6.77. The molecular formula is C12H23N3. The molecular weight excluding hydrogens is 186 g/mol. The Morgan fingerprint density at radius 2 is 1.80 bits per heavy atom. The molecule has 0 aromatic carbocycles. The Bertz CT molecular complexity index is 253. The zero-order valence-electron chi connectivity index (χ0n) is 10.6. The van der Waals surface area contributed by atoms with Gasteiger partial charge >= 0.3 is 0 Å². The number of allylic oxidation sites excluding steroid dienone is 1. The average Bonchev–Trinajstić information content (AvgIpc) is 1.99. The minimum atomic E-state index is 0.346. The van der Waals surface area contributed by atoms with Gasteiger partial charge in [-0.1, -0.05) is 45.8 Å². The molecule has 0 aliphatic carbocycles. The summed E-state index contributed by atoms with van der Waals surface area (Å²) < 4.78 is 0. The molecule has 0 atom stereocenters. The Balaban J connectivity index is 3.99. The van der Waals surface area contributed by atoms with Crippen LogP contribution in [0.25, 0.3) is 10.4 Å². The van der Waals surface area contributed by atoms with Gasteiger partial charge in [-0.15, -0.1) is 0 Å². The summed E-state index contributed by atoms with van der Waals surface area (Å²) in [6.45, 7) is 11.4. The number of rotatable bonds is 5. The first-order valence-corrected chi connectivity index (χ1v) is 5.46. The molecule has 0 spiro atoms. The van der Waals surface area contributed by atoms with E-state index in [9.17, 15) is 0 Å². The SMILES string of the molecule is CC(C)(C)CC(C)(C)CCC=CN=[N+]=[N-]. The van der Waals surface area contributed by atoms with E-state index >= 15 is 0 Å². The van der Waals surface area contributed by atoms with Gasteiger partial charge in [-0.3, -0.25) is 0 Å². The number of azide groups is 1. The summed E-state index contributed by atoms with van der Waals surface area (Å²) in [5.41, 5.74) is 8.80. The molecule has 0 aliphatic rings. The molecule has 3 nitrogen and oxygen atoms in total. The molecule has 3 heteroatoms. The van der Waals surface area contributed by atoms with Crippen molar-refractivity contribution in [2.24, 2.45) is 15.9 Å². The molecule has 0 radical (unpaired) electrons. The van der Waals surface area contributed by atoms with Crippen LogP contribution in [0, 0.1) is 10.8 Å². The van der Waals surface area contributed by atoms with Crippen LogP contribution in [0.15, 0.2) is 17.4 Å². The summed E-state index contributed by atoms with van der Waals surface area (Å²) in [6, 6.07) is 0. The molecule has 0 aliphatic heterocycles. The van der Waals surface area contributed by atoms with Crippen LogP contribution in [0.3, 0.4) is 0 Å². The van der Waals surface area contributed by atoms with Gasteiger partial charge in [-0.2, -0.15) is 0 Å². The van der Waals surface area contributed by atoms with E-state index in [0.29, 0.717) is 10.8 Å². The third-order valence-corrected chi connectivity index (χ3v) is 2.22. The summed E-state index contributed by atoms with van der Waals surface area (Å²) >= 11 is 0. The Morgan fingerprint density at radius 1 is 1.20 bits per heavy atom. The van der Waals surface area contributed by atoms with Gasteiger partial charge in [0.05, 0.1) is 0 Å². The molecule has 0 aromatic heterocycles. The van der Waals surface area contributed by atoms with Gasteiger partial charge in [0.15, 0.2) is 0 Å². The lowest BCUT2D eigenvalue weighted by Crippen LogP contribution is -2.20. The maximum Gasteiger partial charge on any atom is 0.00474 e. The van der Waals surface area contributed by atoms with Crippen molar-refractivity contribution >= 4 is 0 Å². The van der Waals surface area contributed by atoms with Crippen LogP contribution < -0.4 is 0 Å². The fraction of sp³-hybridized carbons (Fsp3) is 0.833. The molecule has 0 bridgehead atoms. The summed E-state index contributed by atoms with van der Waals surface area (Å²) in [4.78, 5) is 2.67. The monoisotopic (exact) mass is 209 g/mol. The molecule has 0 rings (SSSR count). The first kappa shape index (κ1) is 14.1. The average molecular weight is 209 g/mol. The van der Waals surface area contributed by atoms with Crippen LogP contribution in [-0.4, -0.2) is 0 Å². The smallest absolute Gasteiger partial charge is 0.00474 e. The lowest BCUT2D eigenvalue weighted by atomic mass is 9.74. The van der Waals surface area contributed by atoms with Gasteiger partial charge in [-0.25, -0.2) is 0 Å². The van der Waals surface area contributed by atoms with Crippen molar-refractivity contribution in [3.05, 3.63) is 22.7 Å². The van der Waals surface area contributed by atoms with E-state index in [-0.39, 0.29) is 0 Å². The van der Waals surface area contributed by atoms with Crippen molar-refractivity contribution in [1.29, 1.82) is 0 Å². The van der Waals surface area contributed by atoms with Gasteiger partial charge in [-0.05, 0) is 41.8 Å². The lowest BCUT2D eigenvalue weighted by molar-refractivity contribution is 0.200. The molecule has 0 amide bonds. The highest BCUT2D eigenvalue weighted by molar-refractivity contribution is 4.84. The van der Waals surface area contributed by atoms with E-state index in [2.05, 4.69) is 44.6 Å². The molecule has 0 unspecified atom stereocenters. The molecule has 0 aromatic rings. The predicted molar refractivity (Wildman–Crippen MR) is 65.4 cm³/mol. The van der Waals surface area contributed by atoms with E-state index in [0.717, 1.165) is 12.8 Å². The van der Waals surface area contributed by atoms with Crippen LogP contribution in [0.1, 0.15) is 53.9 Å². The van der Waals surface area contributed by atoms with Crippen LogP contribution in [0.2, 0.25) is 0 Å². The number of hydrogen-bond donors (Lipinski definition) is 0. The number of nitrogens with zero attached hydrogens (tertiary/aromatic N) is 3. The Kier molecular flexibility index (Phi) is 5.45. The van der Waals surface area contributed by atoms with E-state index in [1.165, 1.54) is 12.6 Å². The Morgan fingerprint density at radius 3 is 2.27 bits per heavy atom. The minimum Gasteiger partial charge on any atom is -0.0823 e. The van der Waals surface area contributed by atoms with E-state index in [4.69, 9.17) is 5.53 Å². The van der Waals surface area contributed by atoms with Gasteiger partial charge in [0.2, 0.25) is 0 Å². The summed E-state index contributed by atoms with van der Waals surface area (Å²) in [5, 5.41) is 3.37. The van der Waals surface area contributed by atoms with Gasteiger partial charge in [0, 0.05) is 4.91 Å². The van der Waals surface area contributed by atoms with Crippen LogP contribution in [0.4, 0.5) is 0 Å². The third kappa shape index (κ3) is 9.36. The van der Waals surface area contributed by atoms with Crippen molar-refractivity contribution in [1.82, 2.24) is 0 Å². The maximum atomic E-state index is 8.09. The second kappa shape index (κ2) is 5.82. The standard InChI is InChI=1S/C12H23N3/c1-11(2,3)10-12(4,5)8-6-7-9-14-15-13/h7,9H,6,8,10H2,1-5H3. The second-order valence-electron chi connectivity index (χ2n) is 6.03. The minimum absolute atomic E-state index is 0.346. The van der Waals surface area contributed by atoms with Crippen molar-refractivity contribution in [3.63, 3.8) is 0 Å². The highest BCUT2D eigenvalue weighted by Crippen LogP contribution is 2.36. The van der Waals surface area contributed by atoms with Crippen molar-refractivity contribution in [2.45, 2.75) is 53.9 Å². The highest BCUT2D eigenvalue weighted by Gasteiger charge is 2.24. The lowest BCUT2D eigenvalue weighted by Gasteiger charge is -2.32. The molecule has 0 saturated carbocycles. The largest absolute Gasteiger partial charge is 0.0823 e. The zero-order valence-corrected chi connectivity index (χ0v) is 10.6. The first-order valence-electron chi connectivity index (χ1n) is 5.46. The van der Waals surface area contributed by atoms with Gasteiger partial charge in [0.1, 0.15) is 0 Å². The van der Waals surface area contributed by atoms with Crippen LogP contribution in [-0.2, 0) is 0 Å². The fourth-order valence-corrected chi connectivity index (χ4v) is 2.15. The first-order chi connectivity index (χ1) is 6.77. The third-order valence-electron chi connectivity index (χ3n) is 2.22. The zero-order chi connectivity index (χ0) is 11.9. The number of hydrogen-bond acceptors (Lipinski definition) is 1. The molecule has 15 heavy (non-hydrogen) atoms. The Hall–Kier alpha value is -0.950. The summed E-state index contributed by atoms with van der Waals surface area (Å²) in [7, 11) is 0. The highest BCUT2D eigenvalue weighted by atomic mass is 15.1. The quantitative estimate of drug-likeness (QED) is 0.345. The second-order valence-corrected chi connectivity index (χ2v) is 6.03. The molecule has 86 valence electrons. The molecule has 0 fully saturated rings. The molecule has 0 heterocycles. The van der Waals surface area contributed by atoms with Gasteiger partial charge in [0.25, 0.3) is 0 Å². The van der Waals surface area contributed by atoms with Crippen LogP contribution in [0.5, 0.6) is 0 Å². The molecule has 0 saturated heterocycles. The fourth-order valence-electron chi connectivity index (χ4n) is 2.15. The summed E-state index contributed by atoms with van der Waals surface area (Å²) in [5.74, 6) is 0. The van der Waals surface area contributed by atoms with Crippen molar-refractivity contribution < 1.29 is 0 Å². The molecule has 0 N–H and O–H groups in total. The van der Waals surface area contributed by atoms with Crippen molar-refractivity contribution in [2.75, 3.05) is 0 Å². The topological polar surface area (TPSA) is 48.8 Å². The van der Waals surface area contributed by atoms with E-state index in [1.807, 2.05) is 6.08 Å². The normalized spacial score (nSPS) is 12.9. The maximum absolute atomic E-state index is 8.09. The van der Waals surface area contributed by atoms with E-state index in [1.54, 1.807) is 0 Å². The van der Waals surface area contributed by atoms with Gasteiger partial charge < -0.3 is 0 Å². The predicted octanol–water partition coefficient (Wildman–Crippen LogP) is 5.05.